The van der Waals surface area contributed by atoms with Crippen LogP contribution in [0.5, 0.6) is 0 Å². The molecule has 0 saturated heterocycles. The summed E-state index contributed by atoms with van der Waals surface area (Å²) in [5.41, 5.74) is 0. The number of esters is 2. The molecule has 11 heteroatoms. The first-order valence-corrected chi connectivity index (χ1v) is 22.3. The maximum absolute atomic E-state index is 12.4. The van der Waals surface area contributed by atoms with Crippen molar-refractivity contribution in [3.8, 4) is 0 Å². The van der Waals surface area contributed by atoms with E-state index >= 15 is 0 Å². The molecule has 0 aliphatic heterocycles. The highest BCUT2D eigenvalue weighted by atomic mass is 31.2. The summed E-state index contributed by atoms with van der Waals surface area (Å²) in [5, 5.41) is 19.9. The zero-order valence-electron chi connectivity index (χ0n) is 34.2. The molecule has 0 radical (unpaired) electrons. The number of hydrogen-bond donors (Lipinski definition) is 4. The molecule has 0 aromatic carbocycles. The third-order valence-electron chi connectivity index (χ3n) is 8.60. The number of carbonyl (C=O) groups is 2. The molecule has 316 valence electrons. The number of hydrogen-bond acceptors (Lipinski definition) is 8. The molecule has 0 rings (SSSR count). The first kappa shape index (κ1) is 52.4. The Morgan fingerprint density at radius 1 is 0.618 bits per heavy atom. The number of carbonyl (C=O) groups excluding carboxylic acids is 2. The summed E-state index contributed by atoms with van der Waals surface area (Å²) in [6.07, 6.45) is 39.9. The zero-order valence-corrected chi connectivity index (χ0v) is 35.1. The molecule has 0 aliphatic carbocycles. The van der Waals surface area contributed by atoms with E-state index in [1.54, 1.807) is 36.5 Å². The van der Waals surface area contributed by atoms with Crippen molar-refractivity contribution in [3.63, 3.8) is 0 Å². The van der Waals surface area contributed by atoms with Crippen molar-refractivity contribution in [2.24, 2.45) is 5.92 Å². The number of unbranched alkanes of at least 4 members (excludes halogenated alkanes) is 12. The molecular weight excluding hydrogens is 719 g/mol. The van der Waals surface area contributed by atoms with E-state index in [0.717, 1.165) is 31.6 Å². The van der Waals surface area contributed by atoms with Gasteiger partial charge in [0.25, 0.3) is 0 Å². The van der Waals surface area contributed by atoms with Crippen LogP contribution < -0.4 is 0 Å². The second kappa shape index (κ2) is 37.0. The fourth-order valence-electron chi connectivity index (χ4n) is 5.46. The molecule has 0 heterocycles. The van der Waals surface area contributed by atoms with Gasteiger partial charge in [0.05, 0.1) is 18.8 Å². The van der Waals surface area contributed by atoms with Crippen LogP contribution in [0.25, 0.3) is 0 Å². The molecule has 3 atom stereocenters. The van der Waals surface area contributed by atoms with E-state index < -0.39 is 44.7 Å². The quantitative estimate of drug-likeness (QED) is 0.0158. The first-order valence-electron chi connectivity index (χ1n) is 20.8. The molecule has 0 aromatic heterocycles. The normalized spacial score (nSPS) is 14.5. The van der Waals surface area contributed by atoms with Crippen molar-refractivity contribution in [1.29, 1.82) is 0 Å². The van der Waals surface area contributed by atoms with Crippen molar-refractivity contribution in [2.75, 3.05) is 13.2 Å². The van der Waals surface area contributed by atoms with Crippen molar-refractivity contribution >= 4 is 19.8 Å². The lowest BCUT2D eigenvalue weighted by Crippen LogP contribution is -2.29. The van der Waals surface area contributed by atoms with Crippen LogP contribution in [0.1, 0.15) is 156 Å². The van der Waals surface area contributed by atoms with Gasteiger partial charge in [0.15, 0.2) is 6.10 Å². The highest BCUT2D eigenvalue weighted by Crippen LogP contribution is 2.36. The monoisotopic (exact) mass is 795 g/mol. The minimum Gasteiger partial charge on any atom is -0.462 e. The van der Waals surface area contributed by atoms with Gasteiger partial charge in [-0.3, -0.25) is 14.1 Å². The van der Waals surface area contributed by atoms with Crippen molar-refractivity contribution in [3.05, 3.63) is 72.9 Å². The van der Waals surface area contributed by atoms with Gasteiger partial charge in [-0.1, -0.05) is 177 Å². The van der Waals surface area contributed by atoms with E-state index in [9.17, 15) is 24.4 Å². The van der Waals surface area contributed by atoms with Crippen LogP contribution in [0.15, 0.2) is 72.9 Å². The number of rotatable bonds is 36. The third kappa shape index (κ3) is 40.9. The number of aliphatic hydroxyl groups is 2. The Morgan fingerprint density at radius 2 is 1.13 bits per heavy atom. The number of phosphoric acid groups is 1. The van der Waals surface area contributed by atoms with Crippen LogP contribution >= 0.6 is 7.82 Å². The maximum atomic E-state index is 12.4. The van der Waals surface area contributed by atoms with E-state index in [2.05, 4.69) is 18.4 Å². The van der Waals surface area contributed by atoms with Gasteiger partial charge in [0.1, 0.15) is 6.61 Å². The second-order valence-corrected chi connectivity index (χ2v) is 15.7. The van der Waals surface area contributed by atoms with Gasteiger partial charge in [-0.25, -0.2) is 4.57 Å². The average Bonchev–Trinajstić information content (AvgIpc) is 3.13. The third-order valence-corrected chi connectivity index (χ3v) is 9.08. The highest BCUT2D eigenvalue weighted by Gasteiger charge is 2.22. The van der Waals surface area contributed by atoms with Gasteiger partial charge in [-0.05, 0) is 44.4 Å². The fourth-order valence-corrected chi connectivity index (χ4v) is 5.82. The molecule has 0 amide bonds. The molecule has 0 aliphatic rings. The van der Waals surface area contributed by atoms with E-state index in [1.165, 1.54) is 64.2 Å². The van der Waals surface area contributed by atoms with Gasteiger partial charge in [0.2, 0.25) is 0 Å². The van der Waals surface area contributed by atoms with E-state index in [-0.39, 0.29) is 19.4 Å². The van der Waals surface area contributed by atoms with Crippen LogP contribution in [0.4, 0.5) is 0 Å². The highest BCUT2D eigenvalue weighted by molar-refractivity contribution is 7.46. The lowest BCUT2D eigenvalue weighted by atomic mass is 10.0. The molecule has 55 heavy (non-hydrogen) atoms. The van der Waals surface area contributed by atoms with Crippen LogP contribution in [0, 0.1) is 5.92 Å². The number of allylic oxidation sites excluding steroid dienone is 8. The zero-order chi connectivity index (χ0) is 40.8. The molecule has 10 nitrogen and oxygen atoms in total. The molecule has 0 spiro atoms. The summed E-state index contributed by atoms with van der Waals surface area (Å²) < 4.78 is 26.3. The fraction of sp³-hybridized carbons (Fsp3) is 0.682. The molecule has 0 aromatic rings. The van der Waals surface area contributed by atoms with Gasteiger partial charge in [-0.15, -0.1) is 0 Å². The Kier molecular flexibility index (Phi) is 35.3. The Hall–Kier alpha value is -2.59. The number of phosphoric ester groups is 1. The number of aliphatic hydroxyl groups excluding tert-OH is 2. The van der Waals surface area contributed by atoms with Crippen LogP contribution in [-0.4, -0.2) is 63.5 Å². The van der Waals surface area contributed by atoms with Gasteiger partial charge >= 0.3 is 19.8 Å². The smallest absolute Gasteiger partial charge is 0.462 e. The van der Waals surface area contributed by atoms with Crippen LogP contribution in [-0.2, 0) is 28.2 Å². The van der Waals surface area contributed by atoms with E-state index in [4.69, 9.17) is 19.3 Å². The molecule has 0 unspecified atom stereocenters. The first-order chi connectivity index (χ1) is 26.4. The Labute approximate surface area is 333 Å². The number of ether oxygens (including phenoxy) is 2. The van der Waals surface area contributed by atoms with Crippen LogP contribution in [0.2, 0.25) is 0 Å². The Morgan fingerprint density at radius 3 is 1.65 bits per heavy atom. The van der Waals surface area contributed by atoms with Crippen molar-refractivity contribution in [2.45, 2.75) is 174 Å². The van der Waals surface area contributed by atoms with Gasteiger partial charge < -0.3 is 29.5 Å². The predicted molar refractivity (Wildman–Crippen MR) is 223 cm³/mol. The predicted octanol–water partition coefficient (Wildman–Crippen LogP) is 10.5. The largest absolute Gasteiger partial charge is 0.469 e. The molecule has 0 bridgehead atoms. The molecule has 4 N–H and O–H groups in total. The summed E-state index contributed by atoms with van der Waals surface area (Å²) in [6, 6.07) is 0. The van der Waals surface area contributed by atoms with Crippen molar-refractivity contribution in [1.82, 2.24) is 0 Å². The SMILES string of the molecule is CC/C=C\C[C@@H](O)/C=C/C=C\C=C\[C@@H](O)C/C=C\C/C=C\CCC(=O)OC[C@H](COP(=O)(O)O)OC(=O)CCCCCCCCCCCCCCCC(C)C. The average molecular weight is 795 g/mol. The van der Waals surface area contributed by atoms with Gasteiger partial charge in [0, 0.05) is 12.8 Å². The lowest BCUT2D eigenvalue weighted by molar-refractivity contribution is -0.161. The summed E-state index contributed by atoms with van der Waals surface area (Å²) >= 11 is 0. The lowest BCUT2D eigenvalue weighted by Gasteiger charge is -2.18. The molecule has 0 saturated carbocycles. The Balaban J connectivity index is 4.17. The molecular formula is C44H75O10P. The summed E-state index contributed by atoms with van der Waals surface area (Å²) in [7, 11) is -4.80. The summed E-state index contributed by atoms with van der Waals surface area (Å²) in [4.78, 5) is 42.8. The summed E-state index contributed by atoms with van der Waals surface area (Å²) in [6.45, 7) is 5.67. The minimum atomic E-state index is -4.80. The van der Waals surface area contributed by atoms with Crippen molar-refractivity contribution < 1.29 is 48.2 Å². The topological polar surface area (TPSA) is 160 Å². The molecule has 0 fully saturated rings. The summed E-state index contributed by atoms with van der Waals surface area (Å²) in [5.74, 6) is -0.244. The van der Waals surface area contributed by atoms with E-state index in [0.29, 0.717) is 32.1 Å². The second-order valence-electron chi connectivity index (χ2n) is 14.5. The van der Waals surface area contributed by atoms with E-state index in [1.807, 2.05) is 43.4 Å². The standard InChI is InChI=1S/C44H75O10P/c1-4-5-23-31-40(45)33-26-21-22-27-34-41(46)32-25-18-15-16-19-28-35-43(47)52-37-42(38-53-55(49,50)51)54-44(48)36-29-20-14-12-10-8-6-7-9-11-13-17-24-30-39(2)3/h5,16,18-19,21-23,25-27,33-34,39-42,45-46H,4,6-15,17,20,24,28-32,35-38H2,1-3H3,(H2,49,50,51)/b19-16-,22-21-,23-5-,25-18-,33-26+,34-27+/t40-,41+,42-/m1/s1. The maximum Gasteiger partial charge on any atom is 0.469 e. The Bertz CT molecular complexity index is 1170. The van der Waals surface area contributed by atoms with Gasteiger partial charge in [-0.2, -0.15) is 0 Å². The minimum absolute atomic E-state index is 0.0832. The van der Waals surface area contributed by atoms with Crippen LogP contribution in [0.3, 0.4) is 0 Å².